The lowest BCUT2D eigenvalue weighted by Crippen LogP contribution is -2.30. The summed E-state index contributed by atoms with van der Waals surface area (Å²) in [4.78, 5) is 11.7. The van der Waals surface area contributed by atoms with Gasteiger partial charge in [-0.2, -0.15) is 0 Å². The van der Waals surface area contributed by atoms with Crippen LogP contribution < -0.4 is 5.32 Å². The number of amides is 1. The van der Waals surface area contributed by atoms with Crippen molar-refractivity contribution in [1.82, 2.24) is 25.5 Å². The maximum absolute atomic E-state index is 11.7. The number of nitrogens with one attached hydrogen (secondary N) is 1. The molecule has 7 heteroatoms. The van der Waals surface area contributed by atoms with Gasteiger partial charge in [0, 0.05) is 25.3 Å². The number of hydrogen-bond donors (Lipinski definition) is 1. The fraction of sp³-hybridized carbons (Fsp3) is 0.818. The Balaban J connectivity index is 1.56. The van der Waals surface area contributed by atoms with Crippen molar-refractivity contribution in [2.45, 2.75) is 37.3 Å². The third kappa shape index (κ3) is 3.69. The van der Waals surface area contributed by atoms with E-state index in [2.05, 4.69) is 20.8 Å². The van der Waals surface area contributed by atoms with Crippen molar-refractivity contribution in [1.29, 1.82) is 0 Å². The van der Waals surface area contributed by atoms with E-state index in [9.17, 15) is 4.79 Å². The van der Waals surface area contributed by atoms with E-state index in [4.69, 9.17) is 0 Å². The molecule has 1 aliphatic rings. The molecule has 1 amide bonds. The van der Waals surface area contributed by atoms with Crippen molar-refractivity contribution < 1.29 is 4.79 Å². The zero-order valence-corrected chi connectivity index (χ0v) is 11.4. The first-order valence-corrected chi connectivity index (χ1v) is 7.39. The molecule has 0 atom stereocenters. The Labute approximate surface area is 111 Å². The molecular formula is C11H19N5OS. The Morgan fingerprint density at radius 1 is 1.50 bits per heavy atom. The van der Waals surface area contributed by atoms with Crippen LogP contribution in [0.1, 0.15) is 32.1 Å². The van der Waals surface area contributed by atoms with E-state index in [1.807, 2.05) is 7.05 Å². The molecule has 18 heavy (non-hydrogen) atoms. The summed E-state index contributed by atoms with van der Waals surface area (Å²) in [6.45, 7) is 0.744. The van der Waals surface area contributed by atoms with Gasteiger partial charge in [0.15, 0.2) is 0 Å². The first-order valence-electron chi connectivity index (χ1n) is 6.40. The van der Waals surface area contributed by atoms with Gasteiger partial charge in [0.25, 0.3) is 0 Å². The van der Waals surface area contributed by atoms with Crippen LogP contribution in [0, 0.1) is 5.92 Å². The van der Waals surface area contributed by atoms with E-state index in [1.165, 1.54) is 12.8 Å². The second-order valence-corrected chi connectivity index (χ2v) is 5.62. The van der Waals surface area contributed by atoms with Crippen LogP contribution in [0.3, 0.4) is 0 Å². The summed E-state index contributed by atoms with van der Waals surface area (Å²) in [5.41, 5.74) is 0. The largest absolute Gasteiger partial charge is 0.356 e. The van der Waals surface area contributed by atoms with Gasteiger partial charge < -0.3 is 5.32 Å². The summed E-state index contributed by atoms with van der Waals surface area (Å²) < 4.78 is 1.65. The Morgan fingerprint density at radius 3 is 2.94 bits per heavy atom. The van der Waals surface area contributed by atoms with E-state index in [1.54, 1.807) is 16.4 Å². The summed E-state index contributed by atoms with van der Waals surface area (Å²) in [6.07, 6.45) is 5.46. The van der Waals surface area contributed by atoms with Crippen LogP contribution in [0.25, 0.3) is 0 Å². The Bertz CT molecular complexity index is 389. The molecule has 0 unspecified atom stereocenters. The van der Waals surface area contributed by atoms with E-state index in [0.717, 1.165) is 36.7 Å². The van der Waals surface area contributed by atoms with Gasteiger partial charge in [-0.05, 0) is 29.7 Å². The minimum absolute atomic E-state index is 0.234. The minimum Gasteiger partial charge on any atom is -0.356 e. The van der Waals surface area contributed by atoms with Crippen LogP contribution in [-0.2, 0) is 11.8 Å². The van der Waals surface area contributed by atoms with Gasteiger partial charge in [-0.15, -0.1) is 5.10 Å². The number of rotatable bonds is 6. The Morgan fingerprint density at radius 2 is 2.28 bits per heavy atom. The third-order valence-electron chi connectivity index (χ3n) is 3.16. The molecular weight excluding hydrogens is 250 g/mol. The molecule has 0 bridgehead atoms. The van der Waals surface area contributed by atoms with Crippen LogP contribution in [0.2, 0.25) is 0 Å². The fourth-order valence-electron chi connectivity index (χ4n) is 2.12. The lowest BCUT2D eigenvalue weighted by molar-refractivity contribution is -0.124. The van der Waals surface area contributed by atoms with Gasteiger partial charge in [-0.1, -0.05) is 24.6 Å². The SMILES string of the molecule is Cn1nnnc1SCCCNC(=O)C1CCCC1. The van der Waals surface area contributed by atoms with Gasteiger partial charge in [0.05, 0.1) is 0 Å². The standard InChI is InChI=1S/C11H19N5OS/c1-16-11(13-14-15-16)18-8-4-7-12-10(17)9-5-2-3-6-9/h9H,2-8H2,1H3,(H,12,17). The molecule has 0 aromatic carbocycles. The number of tetrazole rings is 1. The van der Waals surface area contributed by atoms with Gasteiger partial charge in [0.2, 0.25) is 11.1 Å². The monoisotopic (exact) mass is 269 g/mol. The zero-order valence-electron chi connectivity index (χ0n) is 10.6. The van der Waals surface area contributed by atoms with Crippen LogP contribution in [0.5, 0.6) is 0 Å². The van der Waals surface area contributed by atoms with Gasteiger partial charge in [-0.25, -0.2) is 4.68 Å². The highest BCUT2D eigenvalue weighted by Gasteiger charge is 2.21. The first kappa shape index (κ1) is 13.3. The lowest BCUT2D eigenvalue weighted by atomic mass is 10.1. The molecule has 0 aliphatic heterocycles. The Kier molecular flexibility index (Phi) is 4.98. The average Bonchev–Trinajstić information content (AvgIpc) is 3.00. The highest BCUT2D eigenvalue weighted by molar-refractivity contribution is 7.99. The minimum atomic E-state index is 0.234. The number of thioether (sulfide) groups is 1. The van der Waals surface area contributed by atoms with Crippen LogP contribution in [-0.4, -0.2) is 38.4 Å². The van der Waals surface area contributed by atoms with Crippen molar-refractivity contribution in [2.75, 3.05) is 12.3 Å². The molecule has 1 heterocycles. The third-order valence-corrected chi connectivity index (χ3v) is 4.26. The normalized spacial score (nSPS) is 16.1. The number of aromatic nitrogens is 4. The van der Waals surface area contributed by atoms with Crippen molar-refractivity contribution >= 4 is 17.7 Å². The molecule has 2 rings (SSSR count). The predicted octanol–water partition coefficient (Wildman–Crippen LogP) is 0.999. The summed E-state index contributed by atoms with van der Waals surface area (Å²) in [7, 11) is 1.82. The Hall–Kier alpha value is -1.11. The highest BCUT2D eigenvalue weighted by atomic mass is 32.2. The quantitative estimate of drug-likeness (QED) is 0.616. The highest BCUT2D eigenvalue weighted by Crippen LogP contribution is 2.24. The maximum Gasteiger partial charge on any atom is 0.223 e. The molecule has 100 valence electrons. The number of nitrogens with zero attached hydrogens (tertiary/aromatic N) is 4. The van der Waals surface area contributed by atoms with Crippen LogP contribution in [0.15, 0.2) is 5.16 Å². The lowest BCUT2D eigenvalue weighted by Gasteiger charge is -2.09. The second-order valence-electron chi connectivity index (χ2n) is 4.56. The van der Waals surface area contributed by atoms with E-state index >= 15 is 0 Å². The second kappa shape index (κ2) is 6.72. The number of carbonyl (C=O) groups excluding carboxylic acids is 1. The topological polar surface area (TPSA) is 72.7 Å². The molecule has 1 aromatic heterocycles. The molecule has 1 aromatic rings. The number of aryl methyl sites for hydroxylation is 1. The number of carbonyl (C=O) groups is 1. The van der Waals surface area contributed by atoms with E-state index < -0.39 is 0 Å². The van der Waals surface area contributed by atoms with Gasteiger partial charge in [-0.3, -0.25) is 4.79 Å². The average molecular weight is 269 g/mol. The predicted molar refractivity (Wildman–Crippen MR) is 69.1 cm³/mol. The van der Waals surface area contributed by atoms with Crippen LogP contribution in [0.4, 0.5) is 0 Å². The fourth-order valence-corrected chi connectivity index (χ4v) is 2.91. The van der Waals surface area contributed by atoms with Crippen LogP contribution >= 0.6 is 11.8 Å². The maximum atomic E-state index is 11.7. The van der Waals surface area contributed by atoms with Crippen molar-refractivity contribution in [2.24, 2.45) is 13.0 Å². The molecule has 6 nitrogen and oxygen atoms in total. The van der Waals surface area contributed by atoms with E-state index in [-0.39, 0.29) is 11.8 Å². The molecule has 1 fully saturated rings. The van der Waals surface area contributed by atoms with Crippen molar-refractivity contribution in [3.05, 3.63) is 0 Å². The van der Waals surface area contributed by atoms with Gasteiger partial charge >= 0.3 is 0 Å². The first-order chi connectivity index (χ1) is 8.77. The summed E-state index contributed by atoms with van der Waals surface area (Å²) in [5.74, 6) is 1.41. The molecule has 1 aliphatic carbocycles. The molecule has 1 N–H and O–H groups in total. The van der Waals surface area contributed by atoms with E-state index in [0.29, 0.717) is 0 Å². The summed E-state index contributed by atoms with van der Waals surface area (Å²) in [5, 5.41) is 15.0. The summed E-state index contributed by atoms with van der Waals surface area (Å²) in [6, 6.07) is 0. The molecule has 0 saturated heterocycles. The van der Waals surface area contributed by atoms with Crippen molar-refractivity contribution in [3.8, 4) is 0 Å². The molecule has 0 spiro atoms. The van der Waals surface area contributed by atoms with Crippen molar-refractivity contribution in [3.63, 3.8) is 0 Å². The van der Waals surface area contributed by atoms with Gasteiger partial charge in [0.1, 0.15) is 0 Å². The number of hydrogen-bond acceptors (Lipinski definition) is 5. The zero-order chi connectivity index (χ0) is 12.8. The molecule has 1 saturated carbocycles. The summed E-state index contributed by atoms with van der Waals surface area (Å²) >= 11 is 1.61. The smallest absolute Gasteiger partial charge is 0.223 e. The molecule has 0 radical (unpaired) electrons.